The molecule has 1 saturated heterocycles. The van der Waals surface area contributed by atoms with E-state index >= 15 is 0 Å². The lowest BCUT2D eigenvalue weighted by Gasteiger charge is -2.35. The Balaban J connectivity index is 2.41. The van der Waals surface area contributed by atoms with Crippen molar-refractivity contribution in [2.75, 3.05) is 23.0 Å². The first-order valence-corrected chi connectivity index (χ1v) is 7.31. The minimum Gasteiger partial charge on any atom is -0.481 e. The Bertz CT molecular complexity index is 545. The van der Waals surface area contributed by atoms with Gasteiger partial charge in [0, 0.05) is 32.0 Å². The molecule has 110 valence electrons. The Morgan fingerprint density at radius 2 is 2.35 bits per heavy atom. The van der Waals surface area contributed by atoms with Gasteiger partial charge in [0.05, 0.1) is 12.5 Å². The lowest BCUT2D eigenvalue weighted by atomic mass is 10.2. The van der Waals surface area contributed by atoms with Gasteiger partial charge in [-0.1, -0.05) is 0 Å². The van der Waals surface area contributed by atoms with Gasteiger partial charge in [-0.15, -0.1) is 0 Å². The van der Waals surface area contributed by atoms with Crippen LogP contribution in [0, 0.1) is 17.0 Å². The molecule has 0 aliphatic carbocycles. The molecule has 1 aromatic heterocycles. The number of hydrogen-bond acceptors (Lipinski definition) is 6. The molecule has 2 heterocycles. The number of aryl methyl sites for hydroxylation is 1. The highest BCUT2D eigenvalue weighted by Gasteiger charge is 2.34. The predicted molar refractivity (Wildman–Crippen MR) is 75.3 cm³/mol. The monoisotopic (exact) mass is 300 g/mol. The Morgan fingerprint density at radius 3 is 2.95 bits per heavy atom. The van der Waals surface area contributed by atoms with Gasteiger partial charge in [-0.25, -0.2) is 0 Å². The molecular formula is C11H16N4O4S. The number of thioether (sulfide) groups is 1. The topological polar surface area (TPSA) is 102 Å². The highest BCUT2D eigenvalue weighted by atomic mass is 32.2. The van der Waals surface area contributed by atoms with Crippen molar-refractivity contribution >= 4 is 29.4 Å². The van der Waals surface area contributed by atoms with Crippen molar-refractivity contribution in [3.8, 4) is 0 Å². The van der Waals surface area contributed by atoms with Crippen LogP contribution in [0.3, 0.4) is 0 Å². The molecule has 1 atom stereocenters. The van der Waals surface area contributed by atoms with Crippen LogP contribution in [0.2, 0.25) is 0 Å². The number of anilines is 1. The zero-order valence-electron chi connectivity index (χ0n) is 11.3. The second-order valence-corrected chi connectivity index (χ2v) is 5.79. The van der Waals surface area contributed by atoms with Crippen LogP contribution in [0.1, 0.15) is 12.2 Å². The normalized spacial score (nSPS) is 19.1. The predicted octanol–water partition coefficient (Wildman–Crippen LogP) is 1.03. The van der Waals surface area contributed by atoms with E-state index in [9.17, 15) is 14.9 Å². The van der Waals surface area contributed by atoms with Crippen LogP contribution in [0.15, 0.2) is 0 Å². The number of carboxylic acid groups (broad SMARTS) is 1. The summed E-state index contributed by atoms with van der Waals surface area (Å²) in [5.74, 6) is 1.31. The van der Waals surface area contributed by atoms with E-state index in [2.05, 4.69) is 4.98 Å². The molecule has 9 heteroatoms. The van der Waals surface area contributed by atoms with Crippen molar-refractivity contribution < 1.29 is 14.8 Å². The van der Waals surface area contributed by atoms with E-state index in [1.54, 1.807) is 30.3 Å². The summed E-state index contributed by atoms with van der Waals surface area (Å²) in [6.07, 6.45) is -0.0334. The number of aromatic nitrogens is 2. The van der Waals surface area contributed by atoms with Gasteiger partial charge in [0.15, 0.2) is 0 Å². The molecular weight excluding hydrogens is 284 g/mol. The maximum Gasteiger partial charge on any atom is 0.406 e. The first-order chi connectivity index (χ1) is 9.41. The van der Waals surface area contributed by atoms with Crippen molar-refractivity contribution in [2.24, 2.45) is 7.05 Å². The van der Waals surface area contributed by atoms with E-state index in [0.29, 0.717) is 23.9 Å². The molecule has 1 aliphatic heterocycles. The fourth-order valence-electron chi connectivity index (χ4n) is 2.33. The van der Waals surface area contributed by atoms with Crippen LogP contribution in [0.4, 0.5) is 11.6 Å². The fourth-order valence-corrected chi connectivity index (χ4v) is 3.39. The fraction of sp³-hybridized carbons (Fsp3) is 0.636. The second kappa shape index (κ2) is 5.70. The minimum absolute atomic E-state index is 0.0334. The lowest BCUT2D eigenvalue weighted by Crippen LogP contribution is -2.44. The van der Waals surface area contributed by atoms with Gasteiger partial charge in [0.2, 0.25) is 11.6 Å². The molecule has 20 heavy (non-hydrogen) atoms. The molecule has 0 aromatic carbocycles. The largest absolute Gasteiger partial charge is 0.481 e. The Morgan fingerprint density at radius 1 is 1.65 bits per heavy atom. The molecule has 1 unspecified atom stereocenters. The molecule has 0 radical (unpaired) electrons. The van der Waals surface area contributed by atoms with Crippen LogP contribution in [-0.4, -0.2) is 49.6 Å². The minimum atomic E-state index is -0.899. The summed E-state index contributed by atoms with van der Waals surface area (Å²) in [5.41, 5.74) is 0. The van der Waals surface area contributed by atoms with Crippen LogP contribution in [0.25, 0.3) is 0 Å². The molecule has 0 saturated carbocycles. The summed E-state index contributed by atoms with van der Waals surface area (Å²) >= 11 is 1.67. The summed E-state index contributed by atoms with van der Waals surface area (Å²) in [5, 5.41) is 20.1. The van der Waals surface area contributed by atoms with E-state index in [-0.39, 0.29) is 18.3 Å². The van der Waals surface area contributed by atoms with Gasteiger partial charge in [0.25, 0.3) is 0 Å². The van der Waals surface area contributed by atoms with Crippen LogP contribution < -0.4 is 4.90 Å². The third-order valence-corrected chi connectivity index (χ3v) is 4.45. The van der Waals surface area contributed by atoms with Crippen molar-refractivity contribution in [3.05, 3.63) is 15.9 Å². The van der Waals surface area contributed by atoms with Gasteiger partial charge >= 0.3 is 11.8 Å². The number of carboxylic acids is 1. The number of nitrogens with zero attached hydrogens (tertiary/aromatic N) is 4. The molecule has 0 bridgehead atoms. The third-order valence-electron chi connectivity index (χ3n) is 3.35. The summed E-state index contributed by atoms with van der Waals surface area (Å²) in [4.78, 5) is 27.4. The highest BCUT2D eigenvalue weighted by molar-refractivity contribution is 7.99. The standard InChI is InChI=1S/C11H16N4O4S/c1-7-12-10(15(18)19)11(13(7)2)14-3-4-20-6-8(14)5-9(16)17/h8H,3-6H2,1-2H3,(H,16,17). The van der Waals surface area contributed by atoms with Crippen molar-refractivity contribution in [3.63, 3.8) is 0 Å². The number of carbonyl (C=O) groups is 1. The van der Waals surface area contributed by atoms with E-state index < -0.39 is 10.9 Å². The molecule has 1 aliphatic rings. The molecule has 8 nitrogen and oxygen atoms in total. The highest BCUT2D eigenvalue weighted by Crippen LogP contribution is 2.33. The SMILES string of the molecule is Cc1nc([N+](=O)[O-])c(N2CCSCC2CC(=O)O)n1C. The van der Waals surface area contributed by atoms with Gasteiger partial charge in [-0.3, -0.25) is 9.36 Å². The second-order valence-electron chi connectivity index (χ2n) is 4.64. The summed E-state index contributed by atoms with van der Waals surface area (Å²) in [7, 11) is 1.71. The third kappa shape index (κ3) is 2.72. The molecule has 0 amide bonds. The van der Waals surface area contributed by atoms with Crippen LogP contribution >= 0.6 is 11.8 Å². The van der Waals surface area contributed by atoms with E-state index in [1.807, 2.05) is 4.90 Å². The average Bonchev–Trinajstić information content (AvgIpc) is 2.66. The van der Waals surface area contributed by atoms with Crippen molar-refractivity contribution in [1.82, 2.24) is 9.55 Å². The zero-order valence-corrected chi connectivity index (χ0v) is 12.1. The van der Waals surface area contributed by atoms with Crippen LogP contribution in [0.5, 0.6) is 0 Å². The number of rotatable bonds is 4. The van der Waals surface area contributed by atoms with Crippen molar-refractivity contribution in [2.45, 2.75) is 19.4 Å². The number of aliphatic carboxylic acids is 1. The van der Waals surface area contributed by atoms with Gasteiger partial charge in [-0.05, 0) is 9.91 Å². The molecule has 2 rings (SSSR count). The molecule has 1 fully saturated rings. The van der Waals surface area contributed by atoms with Gasteiger partial charge in [-0.2, -0.15) is 11.8 Å². The average molecular weight is 300 g/mol. The quantitative estimate of drug-likeness (QED) is 0.654. The van der Waals surface area contributed by atoms with E-state index in [1.165, 1.54) is 0 Å². The maximum atomic E-state index is 11.1. The van der Waals surface area contributed by atoms with Gasteiger partial charge in [0.1, 0.15) is 0 Å². The number of hydrogen-bond donors (Lipinski definition) is 1. The van der Waals surface area contributed by atoms with E-state index in [0.717, 1.165) is 5.75 Å². The Kier molecular flexibility index (Phi) is 4.17. The lowest BCUT2D eigenvalue weighted by molar-refractivity contribution is -0.388. The molecule has 0 spiro atoms. The zero-order chi connectivity index (χ0) is 14.9. The summed E-state index contributed by atoms with van der Waals surface area (Å²) < 4.78 is 1.66. The maximum absolute atomic E-state index is 11.1. The van der Waals surface area contributed by atoms with Gasteiger partial charge < -0.3 is 20.1 Å². The Labute approximate surface area is 119 Å². The van der Waals surface area contributed by atoms with E-state index in [4.69, 9.17) is 5.11 Å². The number of imidazole rings is 1. The molecule has 1 aromatic rings. The molecule has 1 N–H and O–H groups in total. The smallest absolute Gasteiger partial charge is 0.406 e. The first kappa shape index (κ1) is 14.6. The summed E-state index contributed by atoms with van der Waals surface area (Å²) in [6.45, 7) is 2.28. The van der Waals surface area contributed by atoms with Crippen LogP contribution in [-0.2, 0) is 11.8 Å². The first-order valence-electron chi connectivity index (χ1n) is 6.15. The summed E-state index contributed by atoms with van der Waals surface area (Å²) in [6, 6.07) is -0.250. The Hall–Kier alpha value is -1.77. The van der Waals surface area contributed by atoms with Crippen molar-refractivity contribution in [1.29, 1.82) is 0 Å². The number of nitro groups is 1.